The van der Waals surface area contributed by atoms with Crippen molar-refractivity contribution in [2.24, 2.45) is 11.8 Å². The lowest BCUT2D eigenvalue weighted by Crippen LogP contribution is -3.19. The zero-order valence-electron chi connectivity index (χ0n) is 14.5. The standard InChI is InChI=1S/C17H31N3O2/c1-12-6-5-7-16(13(12)2)18-17(22)14(3)19-8-10-20(11-9-19)15(4)21/h12-14,16H,5-11H2,1-4H3,(H,18,22)/p+1/t12-,13-,14-,16-/m1/s1. The van der Waals surface area contributed by atoms with Gasteiger partial charge in [0.05, 0.1) is 26.2 Å². The van der Waals surface area contributed by atoms with Crippen LogP contribution in [0.1, 0.15) is 47.0 Å². The summed E-state index contributed by atoms with van der Waals surface area (Å²) in [5.41, 5.74) is 0. The normalized spacial score (nSPS) is 31.6. The molecule has 22 heavy (non-hydrogen) atoms. The van der Waals surface area contributed by atoms with Gasteiger partial charge in [-0.3, -0.25) is 9.59 Å². The van der Waals surface area contributed by atoms with Gasteiger partial charge in [0.15, 0.2) is 6.04 Å². The van der Waals surface area contributed by atoms with Crippen LogP contribution in [0.2, 0.25) is 0 Å². The number of hydrogen-bond donors (Lipinski definition) is 2. The largest absolute Gasteiger partial charge is 0.348 e. The second-order valence-electron chi connectivity index (χ2n) is 7.27. The summed E-state index contributed by atoms with van der Waals surface area (Å²) in [4.78, 5) is 27.1. The van der Waals surface area contributed by atoms with Crippen molar-refractivity contribution in [3.05, 3.63) is 0 Å². The molecular weight excluding hydrogens is 278 g/mol. The minimum Gasteiger partial charge on any atom is -0.348 e. The van der Waals surface area contributed by atoms with Crippen molar-refractivity contribution in [2.75, 3.05) is 26.2 Å². The van der Waals surface area contributed by atoms with Crippen LogP contribution < -0.4 is 10.2 Å². The van der Waals surface area contributed by atoms with Crippen molar-refractivity contribution >= 4 is 11.8 Å². The summed E-state index contributed by atoms with van der Waals surface area (Å²) >= 11 is 0. The minimum atomic E-state index is -0.0291. The molecule has 0 bridgehead atoms. The zero-order chi connectivity index (χ0) is 16.3. The fourth-order valence-corrected chi connectivity index (χ4v) is 3.82. The second-order valence-corrected chi connectivity index (χ2v) is 7.27. The van der Waals surface area contributed by atoms with E-state index >= 15 is 0 Å². The van der Waals surface area contributed by atoms with E-state index in [-0.39, 0.29) is 17.9 Å². The molecule has 2 fully saturated rings. The number of carbonyl (C=O) groups excluding carboxylic acids is 2. The van der Waals surface area contributed by atoms with Crippen molar-refractivity contribution in [1.29, 1.82) is 0 Å². The van der Waals surface area contributed by atoms with E-state index in [0.29, 0.717) is 17.9 Å². The third kappa shape index (κ3) is 4.00. The summed E-state index contributed by atoms with van der Waals surface area (Å²) in [6.07, 6.45) is 3.60. The summed E-state index contributed by atoms with van der Waals surface area (Å²) in [7, 11) is 0. The van der Waals surface area contributed by atoms with Crippen LogP contribution in [0, 0.1) is 11.8 Å². The minimum absolute atomic E-state index is 0.0291. The second kappa shape index (κ2) is 7.44. The number of nitrogens with zero attached hydrogens (tertiary/aromatic N) is 1. The van der Waals surface area contributed by atoms with Crippen molar-refractivity contribution in [2.45, 2.75) is 59.0 Å². The van der Waals surface area contributed by atoms with Crippen LogP contribution in [0.25, 0.3) is 0 Å². The van der Waals surface area contributed by atoms with Crippen LogP contribution in [0.4, 0.5) is 0 Å². The van der Waals surface area contributed by atoms with Crippen molar-refractivity contribution < 1.29 is 14.5 Å². The predicted octanol–water partition coefficient (Wildman–Crippen LogP) is 0.0628. The average molecular weight is 310 g/mol. The number of amides is 2. The van der Waals surface area contributed by atoms with E-state index in [1.807, 2.05) is 11.8 Å². The lowest BCUT2D eigenvalue weighted by molar-refractivity contribution is -0.918. The van der Waals surface area contributed by atoms with Gasteiger partial charge in [-0.15, -0.1) is 0 Å². The van der Waals surface area contributed by atoms with E-state index in [2.05, 4.69) is 19.2 Å². The van der Waals surface area contributed by atoms with E-state index in [4.69, 9.17) is 0 Å². The molecule has 0 aromatic rings. The number of carbonyl (C=O) groups is 2. The molecule has 2 rings (SSSR count). The van der Waals surface area contributed by atoms with Gasteiger partial charge in [0.1, 0.15) is 0 Å². The summed E-state index contributed by atoms with van der Waals surface area (Å²) in [6.45, 7) is 11.4. The third-order valence-electron chi connectivity index (χ3n) is 5.89. The quantitative estimate of drug-likeness (QED) is 0.775. The molecule has 2 amide bonds. The topological polar surface area (TPSA) is 53.9 Å². The molecule has 0 radical (unpaired) electrons. The molecule has 2 aliphatic rings. The Balaban J connectivity index is 1.83. The Bertz CT molecular complexity index is 405. The molecule has 4 atom stereocenters. The van der Waals surface area contributed by atoms with Gasteiger partial charge in [0.2, 0.25) is 5.91 Å². The Hall–Kier alpha value is -1.10. The molecule has 0 aromatic heterocycles. The Morgan fingerprint density at radius 3 is 2.41 bits per heavy atom. The van der Waals surface area contributed by atoms with Gasteiger partial charge in [0.25, 0.3) is 5.91 Å². The fourth-order valence-electron chi connectivity index (χ4n) is 3.82. The smallest absolute Gasteiger partial charge is 0.278 e. The Kier molecular flexibility index (Phi) is 5.84. The molecule has 1 aliphatic heterocycles. The van der Waals surface area contributed by atoms with Crippen molar-refractivity contribution in [3.8, 4) is 0 Å². The predicted molar refractivity (Wildman–Crippen MR) is 86.5 cm³/mol. The molecule has 0 unspecified atom stereocenters. The van der Waals surface area contributed by atoms with Gasteiger partial charge in [-0.25, -0.2) is 0 Å². The van der Waals surface area contributed by atoms with Gasteiger partial charge in [-0.05, 0) is 25.2 Å². The summed E-state index contributed by atoms with van der Waals surface area (Å²) < 4.78 is 0. The number of quaternary nitrogens is 1. The summed E-state index contributed by atoms with van der Waals surface area (Å²) in [6, 6.07) is 0.301. The van der Waals surface area contributed by atoms with Gasteiger partial charge in [0, 0.05) is 13.0 Å². The monoisotopic (exact) mass is 310 g/mol. The maximum absolute atomic E-state index is 12.6. The zero-order valence-corrected chi connectivity index (χ0v) is 14.5. The van der Waals surface area contributed by atoms with Gasteiger partial charge in [-0.1, -0.05) is 26.7 Å². The SMILES string of the molecule is CC(=O)N1CC[NH+]([C@H](C)C(=O)N[C@@H]2CCC[C@@H](C)[C@H]2C)CC1. The van der Waals surface area contributed by atoms with Gasteiger partial charge >= 0.3 is 0 Å². The van der Waals surface area contributed by atoms with Crippen LogP contribution in [0.3, 0.4) is 0 Å². The summed E-state index contributed by atoms with van der Waals surface area (Å²) in [5.74, 6) is 1.58. The maximum Gasteiger partial charge on any atom is 0.278 e. The van der Waals surface area contributed by atoms with E-state index in [0.717, 1.165) is 32.6 Å². The first kappa shape index (κ1) is 17.3. The number of rotatable bonds is 3. The van der Waals surface area contributed by atoms with Crippen LogP contribution >= 0.6 is 0 Å². The molecule has 126 valence electrons. The number of piperazine rings is 1. The van der Waals surface area contributed by atoms with Crippen LogP contribution in [-0.2, 0) is 9.59 Å². The highest BCUT2D eigenvalue weighted by molar-refractivity contribution is 5.80. The summed E-state index contributed by atoms with van der Waals surface area (Å²) in [5, 5.41) is 3.29. The third-order valence-corrected chi connectivity index (χ3v) is 5.89. The number of hydrogen-bond acceptors (Lipinski definition) is 2. The molecular formula is C17H32N3O2+. The molecule has 0 spiro atoms. The highest BCUT2D eigenvalue weighted by Crippen LogP contribution is 2.29. The maximum atomic E-state index is 12.6. The van der Waals surface area contributed by atoms with E-state index in [9.17, 15) is 9.59 Å². The van der Waals surface area contributed by atoms with Crippen molar-refractivity contribution in [1.82, 2.24) is 10.2 Å². The Morgan fingerprint density at radius 2 is 1.82 bits per heavy atom. The lowest BCUT2D eigenvalue weighted by Gasteiger charge is -2.37. The van der Waals surface area contributed by atoms with E-state index in [1.54, 1.807) is 6.92 Å². The molecule has 5 heteroatoms. The average Bonchev–Trinajstić information content (AvgIpc) is 2.51. The molecule has 5 nitrogen and oxygen atoms in total. The first-order valence-corrected chi connectivity index (χ1v) is 8.80. The molecule has 0 aromatic carbocycles. The molecule has 1 aliphatic carbocycles. The highest BCUT2D eigenvalue weighted by Gasteiger charge is 2.33. The molecule has 1 saturated carbocycles. The Labute approximate surface area is 134 Å². The Morgan fingerprint density at radius 1 is 1.18 bits per heavy atom. The lowest BCUT2D eigenvalue weighted by atomic mass is 9.78. The van der Waals surface area contributed by atoms with Crippen LogP contribution in [0.15, 0.2) is 0 Å². The van der Waals surface area contributed by atoms with Crippen LogP contribution in [0.5, 0.6) is 0 Å². The van der Waals surface area contributed by atoms with E-state index < -0.39 is 0 Å². The van der Waals surface area contributed by atoms with Crippen LogP contribution in [-0.4, -0.2) is 55.0 Å². The fraction of sp³-hybridized carbons (Fsp3) is 0.882. The van der Waals surface area contributed by atoms with E-state index in [1.165, 1.54) is 17.7 Å². The molecule has 2 N–H and O–H groups in total. The first-order valence-electron chi connectivity index (χ1n) is 8.80. The van der Waals surface area contributed by atoms with Gasteiger partial charge in [-0.2, -0.15) is 0 Å². The molecule has 1 saturated heterocycles. The van der Waals surface area contributed by atoms with Gasteiger partial charge < -0.3 is 15.1 Å². The van der Waals surface area contributed by atoms with Crippen molar-refractivity contribution in [3.63, 3.8) is 0 Å². The number of nitrogens with one attached hydrogen (secondary N) is 2. The molecule has 1 heterocycles. The highest BCUT2D eigenvalue weighted by atomic mass is 16.2. The first-order chi connectivity index (χ1) is 10.4.